The van der Waals surface area contributed by atoms with E-state index in [2.05, 4.69) is 27.9 Å². The number of guanidine groups is 1. The molecule has 166 valence electrons. The number of nitrogens with one attached hydrogen (secondary N) is 3. The van der Waals surface area contributed by atoms with E-state index in [1.165, 1.54) is 0 Å². The molecule has 0 saturated heterocycles. The Bertz CT molecular complexity index is 504. The summed E-state index contributed by atoms with van der Waals surface area (Å²) in [5.41, 5.74) is 4.16. The summed E-state index contributed by atoms with van der Waals surface area (Å²) in [5.74, 6) is 0.204. The fourth-order valence-electron chi connectivity index (χ4n) is 2.06. The Labute approximate surface area is 187 Å². The molecular weight excluding hydrogens is 473 g/mol. The molecular formula is C19H40IN5O3. The summed E-state index contributed by atoms with van der Waals surface area (Å²) in [6.45, 7) is 14.5. The van der Waals surface area contributed by atoms with Crippen molar-refractivity contribution in [2.45, 2.75) is 79.4 Å². The van der Waals surface area contributed by atoms with Gasteiger partial charge in [-0.2, -0.15) is 0 Å². The molecule has 0 aliphatic carbocycles. The fourth-order valence-corrected chi connectivity index (χ4v) is 2.06. The molecule has 0 radical (unpaired) electrons. The van der Waals surface area contributed by atoms with Crippen LogP contribution in [0.25, 0.3) is 0 Å². The van der Waals surface area contributed by atoms with Gasteiger partial charge in [0.1, 0.15) is 5.60 Å². The topological polar surface area (TPSA) is 118 Å². The number of alkyl carbamates (subject to hydrolysis) is 1. The molecule has 0 spiro atoms. The number of carbonyl (C=O) groups excluding carboxylic acids is 2. The Hall–Kier alpha value is -1.26. The molecule has 0 saturated carbocycles. The standard InChI is InChI=1S/C19H39N5O3.HI/c1-8-10-11-14(12-22-17(26)27-18(3,4)5)24-16(21-9-2)23-13-19(6,7)15(20)25;/h14H,8-13H2,1-7H3,(H2,20,25)(H,22,26)(H2,21,23,24);1H. The molecule has 0 fully saturated rings. The third kappa shape index (κ3) is 13.8. The van der Waals surface area contributed by atoms with E-state index in [-0.39, 0.29) is 36.6 Å². The van der Waals surface area contributed by atoms with Gasteiger partial charge in [0.2, 0.25) is 5.91 Å². The molecule has 0 rings (SSSR count). The molecule has 2 amide bonds. The quantitative estimate of drug-likeness (QED) is 0.204. The van der Waals surface area contributed by atoms with Crippen LogP contribution >= 0.6 is 24.0 Å². The van der Waals surface area contributed by atoms with Crippen molar-refractivity contribution in [1.82, 2.24) is 16.0 Å². The lowest BCUT2D eigenvalue weighted by molar-refractivity contribution is -0.125. The Morgan fingerprint density at radius 3 is 2.18 bits per heavy atom. The number of nitrogens with two attached hydrogens (primary N) is 1. The first-order valence-corrected chi connectivity index (χ1v) is 9.73. The van der Waals surface area contributed by atoms with Crippen molar-refractivity contribution in [2.75, 3.05) is 19.6 Å². The Morgan fingerprint density at radius 1 is 1.11 bits per heavy atom. The highest BCUT2D eigenvalue weighted by atomic mass is 127. The van der Waals surface area contributed by atoms with Crippen molar-refractivity contribution in [3.05, 3.63) is 0 Å². The van der Waals surface area contributed by atoms with Gasteiger partial charge in [-0.15, -0.1) is 24.0 Å². The monoisotopic (exact) mass is 513 g/mol. The smallest absolute Gasteiger partial charge is 0.407 e. The van der Waals surface area contributed by atoms with Crippen LogP contribution in [0, 0.1) is 5.41 Å². The minimum Gasteiger partial charge on any atom is -0.444 e. The molecule has 0 aromatic rings. The van der Waals surface area contributed by atoms with E-state index in [1.54, 1.807) is 13.8 Å². The zero-order valence-corrected chi connectivity index (χ0v) is 20.8. The molecule has 0 bridgehead atoms. The van der Waals surface area contributed by atoms with Gasteiger partial charge in [-0.25, -0.2) is 4.79 Å². The van der Waals surface area contributed by atoms with E-state index in [0.29, 0.717) is 19.0 Å². The van der Waals surface area contributed by atoms with Crippen LogP contribution in [0.3, 0.4) is 0 Å². The van der Waals surface area contributed by atoms with Gasteiger partial charge in [0.05, 0.1) is 12.0 Å². The van der Waals surface area contributed by atoms with Gasteiger partial charge in [0.25, 0.3) is 0 Å². The number of unbranched alkanes of at least 4 members (excludes halogenated alkanes) is 1. The molecule has 9 heteroatoms. The molecule has 0 aromatic carbocycles. The number of rotatable bonds is 10. The predicted octanol–water partition coefficient (Wildman–Crippen LogP) is 2.75. The lowest BCUT2D eigenvalue weighted by atomic mass is 9.93. The van der Waals surface area contributed by atoms with Crippen LogP contribution in [0.5, 0.6) is 0 Å². The van der Waals surface area contributed by atoms with Gasteiger partial charge in [-0.1, -0.05) is 19.8 Å². The van der Waals surface area contributed by atoms with E-state index in [0.717, 1.165) is 19.3 Å². The molecule has 1 unspecified atom stereocenters. The first-order chi connectivity index (χ1) is 12.4. The molecule has 8 nitrogen and oxygen atoms in total. The largest absolute Gasteiger partial charge is 0.444 e. The van der Waals surface area contributed by atoms with Gasteiger partial charge in [0, 0.05) is 19.1 Å². The summed E-state index contributed by atoms with van der Waals surface area (Å²) in [6, 6.07) is -0.00745. The SMILES string of the molecule is CCCCC(CNC(=O)OC(C)(C)C)NC(=NCC(C)(C)C(N)=O)NCC.I. The third-order valence-electron chi connectivity index (χ3n) is 3.78. The van der Waals surface area contributed by atoms with Crippen molar-refractivity contribution >= 4 is 41.9 Å². The summed E-state index contributed by atoms with van der Waals surface area (Å²) < 4.78 is 5.29. The highest BCUT2D eigenvalue weighted by molar-refractivity contribution is 14.0. The molecule has 0 aliphatic heterocycles. The number of nitrogens with zero attached hydrogens (tertiary/aromatic N) is 1. The zero-order chi connectivity index (χ0) is 21.1. The van der Waals surface area contributed by atoms with Crippen LogP contribution in [-0.4, -0.2) is 49.2 Å². The lowest BCUT2D eigenvalue weighted by Crippen LogP contribution is -2.49. The van der Waals surface area contributed by atoms with Gasteiger partial charge >= 0.3 is 6.09 Å². The number of ether oxygens (including phenoxy) is 1. The molecule has 28 heavy (non-hydrogen) atoms. The van der Waals surface area contributed by atoms with Gasteiger partial charge in [-0.05, 0) is 48.0 Å². The van der Waals surface area contributed by atoms with Crippen LogP contribution in [-0.2, 0) is 9.53 Å². The first-order valence-electron chi connectivity index (χ1n) is 9.73. The predicted molar refractivity (Wildman–Crippen MR) is 125 cm³/mol. The number of aliphatic imine (C=N–C) groups is 1. The highest BCUT2D eigenvalue weighted by Crippen LogP contribution is 2.14. The second-order valence-electron chi connectivity index (χ2n) is 8.31. The molecule has 0 aliphatic rings. The van der Waals surface area contributed by atoms with E-state index < -0.39 is 23.0 Å². The second kappa shape index (κ2) is 13.8. The Morgan fingerprint density at radius 2 is 1.71 bits per heavy atom. The first kappa shape index (κ1) is 28.9. The van der Waals surface area contributed by atoms with Gasteiger partial charge < -0.3 is 26.4 Å². The summed E-state index contributed by atoms with van der Waals surface area (Å²) in [6.07, 6.45) is 2.49. The average Bonchev–Trinajstić information content (AvgIpc) is 2.53. The summed E-state index contributed by atoms with van der Waals surface area (Å²) in [5, 5.41) is 9.31. The van der Waals surface area contributed by atoms with E-state index >= 15 is 0 Å². The maximum Gasteiger partial charge on any atom is 0.407 e. The van der Waals surface area contributed by atoms with Gasteiger partial charge in [-0.3, -0.25) is 9.79 Å². The van der Waals surface area contributed by atoms with E-state index in [1.807, 2.05) is 27.7 Å². The lowest BCUT2D eigenvalue weighted by Gasteiger charge is -2.25. The molecule has 0 heterocycles. The number of halogens is 1. The molecule has 0 aromatic heterocycles. The third-order valence-corrected chi connectivity index (χ3v) is 3.78. The maximum absolute atomic E-state index is 11.9. The summed E-state index contributed by atoms with van der Waals surface area (Å²) in [7, 11) is 0. The normalized spacial score (nSPS) is 13.2. The van der Waals surface area contributed by atoms with Crippen molar-refractivity contribution in [1.29, 1.82) is 0 Å². The minimum atomic E-state index is -0.726. The van der Waals surface area contributed by atoms with Crippen molar-refractivity contribution < 1.29 is 14.3 Å². The maximum atomic E-state index is 11.9. The molecule has 1 atom stereocenters. The number of primary amides is 1. The van der Waals surface area contributed by atoms with Crippen molar-refractivity contribution in [2.24, 2.45) is 16.1 Å². The van der Waals surface area contributed by atoms with Crippen LogP contribution in [0.2, 0.25) is 0 Å². The summed E-state index contributed by atoms with van der Waals surface area (Å²) >= 11 is 0. The van der Waals surface area contributed by atoms with E-state index in [9.17, 15) is 9.59 Å². The Balaban J connectivity index is 0. The Kier molecular flexibility index (Phi) is 14.3. The fraction of sp³-hybridized carbons (Fsp3) is 0.842. The number of hydrogen-bond acceptors (Lipinski definition) is 4. The highest BCUT2D eigenvalue weighted by Gasteiger charge is 2.25. The number of amides is 2. The number of carbonyl (C=O) groups is 2. The van der Waals surface area contributed by atoms with Gasteiger partial charge in [0.15, 0.2) is 5.96 Å². The van der Waals surface area contributed by atoms with Crippen LogP contribution in [0.15, 0.2) is 4.99 Å². The molecule has 5 N–H and O–H groups in total. The van der Waals surface area contributed by atoms with Crippen LogP contribution in [0.1, 0.15) is 67.7 Å². The zero-order valence-electron chi connectivity index (χ0n) is 18.5. The van der Waals surface area contributed by atoms with Crippen LogP contribution < -0.4 is 21.7 Å². The number of hydrogen-bond donors (Lipinski definition) is 4. The average molecular weight is 513 g/mol. The van der Waals surface area contributed by atoms with Crippen molar-refractivity contribution in [3.8, 4) is 0 Å². The minimum absolute atomic E-state index is 0. The second-order valence-corrected chi connectivity index (χ2v) is 8.31. The van der Waals surface area contributed by atoms with Crippen LogP contribution in [0.4, 0.5) is 4.79 Å². The van der Waals surface area contributed by atoms with E-state index in [4.69, 9.17) is 10.5 Å². The summed E-state index contributed by atoms with van der Waals surface area (Å²) in [4.78, 5) is 27.9. The van der Waals surface area contributed by atoms with Crippen molar-refractivity contribution in [3.63, 3.8) is 0 Å².